The molecular formula is C18H26N2O3. The predicted molar refractivity (Wildman–Crippen MR) is 88.4 cm³/mol. The van der Waals surface area contributed by atoms with Crippen LogP contribution in [0.3, 0.4) is 0 Å². The van der Waals surface area contributed by atoms with Crippen molar-refractivity contribution in [3.63, 3.8) is 0 Å². The normalized spacial score (nSPS) is 24.6. The van der Waals surface area contributed by atoms with Crippen molar-refractivity contribution in [1.29, 1.82) is 0 Å². The van der Waals surface area contributed by atoms with E-state index in [1.165, 1.54) is 0 Å². The van der Waals surface area contributed by atoms with E-state index in [1.807, 2.05) is 30.0 Å². The molecule has 0 aromatic heterocycles. The number of rotatable bonds is 4. The molecule has 0 bridgehead atoms. The van der Waals surface area contributed by atoms with Gasteiger partial charge in [-0.1, -0.05) is 12.1 Å². The number of likely N-dealkylation sites (tertiary alicyclic amines) is 1. The molecule has 1 saturated heterocycles. The molecule has 5 nitrogen and oxygen atoms in total. The van der Waals surface area contributed by atoms with E-state index in [0.29, 0.717) is 6.42 Å². The predicted octanol–water partition coefficient (Wildman–Crippen LogP) is 1.82. The molecule has 1 unspecified atom stereocenters. The van der Waals surface area contributed by atoms with Gasteiger partial charge in [-0.3, -0.25) is 4.79 Å². The second-order valence-corrected chi connectivity index (χ2v) is 6.40. The summed E-state index contributed by atoms with van der Waals surface area (Å²) in [5.41, 5.74) is 7.67. The van der Waals surface area contributed by atoms with Crippen LogP contribution in [-0.4, -0.2) is 43.7 Å². The average molecular weight is 318 g/mol. The number of amides is 1. The Morgan fingerprint density at radius 3 is 2.78 bits per heavy atom. The summed E-state index contributed by atoms with van der Waals surface area (Å²) in [7, 11) is 1.66. The van der Waals surface area contributed by atoms with Crippen molar-refractivity contribution in [2.45, 2.75) is 44.2 Å². The molecule has 23 heavy (non-hydrogen) atoms. The Morgan fingerprint density at radius 1 is 1.39 bits per heavy atom. The highest BCUT2D eigenvalue weighted by atomic mass is 16.5. The van der Waals surface area contributed by atoms with Gasteiger partial charge in [-0.15, -0.1) is 0 Å². The Kier molecular flexibility index (Phi) is 4.60. The highest BCUT2D eigenvalue weighted by Crippen LogP contribution is 2.41. The van der Waals surface area contributed by atoms with Crippen LogP contribution in [-0.2, 0) is 21.5 Å². The van der Waals surface area contributed by atoms with Crippen LogP contribution in [0.1, 0.15) is 37.3 Å². The standard InChI is InChI=1S/C18H26N2O3/c1-3-23-13-8-11-20(12-9-13)17(21)18(19)10-7-14-15(18)5-4-6-16(14)22-2/h4-6,13H,3,7-12,19H2,1-2H3. The van der Waals surface area contributed by atoms with E-state index < -0.39 is 5.54 Å². The summed E-state index contributed by atoms with van der Waals surface area (Å²) in [6, 6.07) is 5.82. The lowest BCUT2D eigenvalue weighted by Crippen LogP contribution is -2.54. The molecule has 2 N–H and O–H groups in total. The monoisotopic (exact) mass is 318 g/mol. The van der Waals surface area contributed by atoms with Gasteiger partial charge in [0.25, 0.3) is 0 Å². The van der Waals surface area contributed by atoms with Crippen LogP contribution in [0.25, 0.3) is 0 Å². The first-order valence-electron chi connectivity index (χ1n) is 8.46. The van der Waals surface area contributed by atoms with Gasteiger partial charge >= 0.3 is 0 Å². The topological polar surface area (TPSA) is 64.8 Å². The molecule has 1 atom stereocenters. The van der Waals surface area contributed by atoms with Crippen LogP contribution < -0.4 is 10.5 Å². The largest absolute Gasteiger partial charge is 0.496 e. The number of nitrogens with zero attached hydrogens (tertiary/aromatic N) is 1. The fourth-order valence-corrected chi connectivity index (χ4v) is 3.86. The third kappa shape index (κ3) is 2.83. The Hall–Kier alpha value is -1.59. The third-order valence-electron chi connectivity index (χ3n) is 5.12. The van der Waals surface area contributed by atoms with Crippen LogP contribution >= 0.6 is 0 Å². The number of carbonyl (C=O) groups excluding carboxylic acids is 1. The summed E-state index contributed by atoms with van der Waals surface area (Å²) >= 11 is 0. The van der Waals surface area contributed by atoms with Gasteiger partial charge in [-0.25, -0.2) is 0 Å². The molecular weight excluding hydrogens is 292 g/mol. The number of methoxy groups -OCH3 is 1. The number of fused-ring (bicyclic) bond motifs is 1. The zero-order chi connectivity index (χ0) is 16.4. The lowest BCUT2D eigenvalue weighted by molar-refractivity contribution is -0.140. The molecule has 3 rings (SSSR count). The quantitative estimate of drug-likeness (QED) is 0.920. The molecule has 1 fully saturated rings. The molecule has 1 aromatic rings. The van der Waals surface area contributed by atoms with Crippen LogP contribution in [0.5, 0.6) is 5.75 Å². The van der Waals surface area contributed by atoms with Crippen LogP contribution in [0, 0.1) is 0 Å². The SMILES string of the molecule is CCOC1CCN(C(=O)C2(N)CCc3c(OC)cccc32)CC1. The van der Waals surface area contributed by atoms with Crippen molar-refractivity contribution in [3.8, 4) is 5.75 Å². The molecule has 2 aliphatic rings. The van der Waals surface area contributed by atoms with Gasteiger partial charge < -0.3 is 20.1 Å². The maximum absolute atomic E-state index is 13.1. The molecule has 1 heterocycles. The minimum atomic E-state index is -0.914. The highest BCUT2D eigenvalue weighted by Gasteiger charge is 2.45. The second kappa shape index (κ2) is 6.49. The summed E-state index contributed by atoms with van der Waals surface area (Å²) in [6.45, 7) is 4.19. The zero-order valence-electron chi connectivity index (χ0n) is 14.0. The van der Waals surface area contributed by atoms with Gasteiger partial charge in [0.1, 0.15) is 11.3 Å². The Labute approximate surface area is 137 Å². The van der Waals surface area contributed by atoms with Gasteiger partial charge in [-0.2, -0.15) is 0 Å². The summed E-state index contributed by atoms with van der Waals surface area (Å²) in [5, 5.41) is 0. The number of hydrogen-bond donors (Lipinski definition) is 1. The van der Waals surface area contributed by atoms with Gasteiger partial charge in [0.05, 0.1) is 13.2 Å². The third-order valence-corrected chi connectivity index (χ3v) is 5.12. The first-order valence-corrected chi connectivity index (χ1v) is 8.46. The minimum Gasteiger partial charge on any atom is -0.496 e. The second-order valence-electron chi connectivity index (χ2n) is 6.40. The van der Waals surface area contributed by atoms with Gasteiger partial charge in [0.2, 0.25) is 5.91 Å². The smallest absolute Gasteiger partial charge is 0.247 e. The summed E-state index contributed by atoms with van der Waals surface area (Å²) in [6.07, 6.45) is 3.49. The first kappa shape index (κ1) is 16.3. The van der Waals surface area contributed by atoms with E-state index in [9.17, 15) is 4.79 Å². The Morgan fingerprint density at radius 2 is 2.13 bits per heavy atom. The fraction of sp³-hybridized carbons (Fsp3) is 0.611. The van der Waals surface area contributed by atoms with E-state index in [-0.39, 0.29) is 12.0 Å². The fourth-order valence-electron chi connectivity index (χ4n) is 3.86. The van der Waals surface area contributed by atoms with Gasteiger partial charge in [-0.05, 0) is 49.8 Å². The highest BCUT2D eigenvalue weighted by molar-refractivity contribution is 5.89. The van der Waals surface area contributed by atoms with Gasteiger partial charge in [0.15, 0.2) is 0 Å². The van der Waals surface area contributed by atoms with Crippen molar-refractivity contribution in [1.82, 2.24) is 4.90 Å². The van der Waals surface area contributed by atoms with E-state index in [2.05, 4.69) is 0 Å². The van der Waals surface area contributed by atoms with E-state index in [4.69, 9.17) is 15.2 Å². The van der Waals surface area contributed by atoms with E-state index in [1.54, 1.807) is 7.11 Å². The molecule has 0 spiro atoms. The molecule has 0 saturated carbocycles. The molecule has 1 aromatic carbocycles. The van der Waals surface area contributed by atoms with E-state index in [0.717, 1.165) is 55.8 Å². The van der Waals surface area contributed by atoms with Crippen LogP contribution in [0.4, 0.5) is 0 Å². The molecule has 1 amide bonds. The molecule has 1 aliphatic heterocycles. The molecule has 126 valence electrons. The number of benzene rings is 1. The maximum Gasteiger partial charge on any atom is 0.247 e. The molecule has 5 heteroatoms. The van der Waals surface area contributed by atoms with Crippen molar-refractivity contribution >= 4 is 5.91 Å². The number of nitrogens with two attached hydrogens (primary N) is 1. The first-order chi connectivity index (χ1) is 11.1. The summed E-state index contributed by atoms with van der Waals surface area (Å²) in [5.74, 6) is 0.872. The number of piperidine rings is 1. The zero-order valence-corrected chi connectivity index (χ0v) is 14.0. The van der Waals surface area contributed by atoms with Crippen molar-refractivity contribution < 1.29 is 14.3 Å². The summed E-state index contributed by atoms with van der Waals surface area (Å²) < 4.78 is 11.1. The molecule has 1 aliphatic carbocycles. The summed E-state index contributed by atoms with van der Waals surface area (Å²) in [4.78, 5) is 15.0. The average Bonchev–Trinajstić information content (AvgIpc) is 2.94. The maximum atomic E-state index is 13.1. The van der Waals surface area contributed by atoms with Crippen molar-refractivity contribution in [2.24, 2.45) is 5.73 Å². The Balaban J connectivity index is 1.77. The van der Waals surface area contributed by atoms with Crippen LogP contribution in [0.15, 0.2) is 18.2 Å². The lowest BCUT2D eigenvalue weighted by Gasteiger charge is -2.37. The number of carbonyl (C=O) groups is 1. The Bertz CT molecular complexity index is 582. The van der Waals surface area contributed by atoms with E-state index >= 15 is 0 Å². The number of hydrogen-bond acceptors (Lipinski definition) is 4. The van der Waals surface area contributed by atoms with Crippen LogP contribution in [0.2, 0.25) is 0 Å². The van der Waals surface area contributed by atoms with Crippen molar-refractivity contribution in [2.75, 3.05) is 26.8 Å². The van der Waals surface area contributed by atoms with Crippen molar-refractivity contribution in [3.05, 3.63) is 29.3 Å². The lowest BCUT2D eigenvalue weighted by atomic mass is 9.90. The van der Waals surface area contributed by atoms with Gasteiger partial charge in [0, 0.05) is 19.7 Å². The minimum absolute atomic E-state index is 0.0412. The number of ether oxygens (including phenoxy) is 2. The molecule has 0 radical (unpaired) electrons.